The highest BCUT2D eigenvalue weighted by Gasteiger charge is 2.14. The lowest BCUT2D eigenvalue weighted by Crippen LogP contribution is -2.27. The standard InChI is InChI=1S/C17H19ClN2O4S/c1-2-24-15-7-5-14(6-8-15)20-17(21)11-12-19-25(22,23)16-9-3-13(18)4-10-16/h3-10,19H,2,11-12H2,1H3,(H,20,21). The second kappa shape index (κ2) is 8.84. The molecule has 1 amide bonds. The first-order valence-electron chi connectivity index (χ1n) is 7.68. The second-order valence-corrected chi connectivity index (χ2v) is 7.31. The summed E-state index contributed by atoms with van der Waals surface area (Å²) in [6.45, 7) is 2.45. The maximum Gasteiger partial charge on any atom is 0.240 e. The number of hydrogen-bond acceptors (Lipinski definition) is 4. The van der Waals surface area contributed by atoms with Crippen molar-refractivity contribution < 1.29 is 17.9 Å². The number of sulfonamides is 1. The smallest absolute Gasteiger partial charge is 0.240 e. The van der Waals surface area contributed by atoms with Crippen molar-refractivity contribution in [2.45, 2.75) is 18.2 Å². The number of carbonyl (C=O) groups excluding carboxylic acids is 1. The lowest BCUT2D eigenvalue weighted by atomic mass is 10.3. The number of nitrogens with one attached hydrogen (secondary N) is 2. The SMILES string of the molecule is CCOc1ccc(NC(=O)CCNS(=O)(=O)c2ccc(Cl)cc2)cc1. The molecule has 0 fully saturated rings. The van der Waals surface area contributed by atoms with Gasteiger partial charge in [-0.05, 0) is 55.5 Å². The summed E-state index contributed by atoms with van der Waals surface area (Å²) < 4.78 is 31.9. The van der Waals surface area contributed by atoms with E-state index in [1.807, 2.05) is 6.92 Å². The van der Waals surface area contributed by atoms with E-state index in [0.29, 0.717) is 17.3 Å². The van der Waals surface area contributed by atoms with Crippen LogP contribution < -0.4 is 14.8 Å². The topological polar surface area (TPSA) is 84.5 Å². The zero-order valence-corrected chi connectivity index (χ0v) is 15.2. The van der Waals surface area contributed by atoms with Crippen LogP contribution in [0.15, 0.2) is 53.4 Å². The zero-order valence-electron chi connectivity index (χ0n) is 13.7. The molecule has 2 rings (SSSR count). The first-order valence-corrected chi connectivity index (χ1v) is 9.55. The van der Waals surface area contributed by atoms with Crippen molar-refractivity contribution in [3.05, 3.63) is 53.6 Å². The fourth-order valence-corrected chi connectivity index (χ4v) is 3.18. The van der Waals surface area contributed by atoms with E-state index in [4.69, 9.17) is 16.3 Å². The van der Waals surface area contributed by atoms with E-state index < -0.39 is 10.0 Å². The number of carbonyl (C=O) groups is 1. The number of benzene rings is 2. The van der Waals surface area contributed by atoms with Crippen LogP contribution in [0.1, 0.15) is 13.3 Å². The quantitative estimate of drug-likeness (QED) is 0.734. The van der Waals surface area contributed by atoms with Crippen LogP contribution in [-0.4, -0.2) is 27.5 Å². The second-order valence-electron chi connectivity index (χ2n) is 5.11. The highest BCUT2D eigenvalue weighted by molar-refractivity contribution is 7.89. The van der Waals surface area contributed by atoms with Gasteiger partial charge in [0.2, 0.25) is 15.9 Å². The highest BCUT2D eigenvalue weighted by atomic mass is 35.5. The Balaban J connectivity index is 1.82. The summed E-state index contributed by atoms with van der Waals surface area (Å²) in [5, 5.41) is 3.15. The minimum Gasteiger partial charge on any atom is -0.494 e. The Morgan fingerprint density at radius 1 is 1.08 bits per heavy atom. The largest absolute Gasteiger partial charge is 0.494 e. The third-order valence-corrected chi connectivity index (χ3v) is 4.95. The Kier molecular flexibility index (Phi) is 6.81. The molecule has 8 heteroatoms. The summed E-state index contributed by atoms with van der Waals surface area (Å²) in [4.78, 5) is 12.0. The molecule has 2 aromatic rings. The van der Waals surface area contributed by atoms with Gasteiger partial charge >= 0.3 is 0 Å². The van der Waals surface area contributed by atoms with E-state index >= 15 is 0 Å². The summed E-state index contributed by atoms with van der Waals surface area (Å²) in [5.74, 6) is 0.430. The van der Waals surface area contributed by atoms with Gasteiger partial charge in [0, 0.05) is 23.7 Å². The maximum absolute atomic E-state index is 12.1. The molecule has 0 aliphatic heterocycles. The van der Waals surface area contributed by atoms with Crippen LogP contribution in [0.5, 0.6) is 5.75 Å². The van der Waals surface area contributed by atoms with Gasteiger partial charge in [0.15, 0.2) is 0 Å². The molecule has 0 spiro atoms. The van der Waals surface area contributed by atoms with Gasteiger partial charge in [0.1, 0.15) is 5.75 Å². The van der Waals surface area contributed by atoms with Crippen molar-refractivity contribution in [2.75, 3.05) is 18.5 Å². The third-order valence-electron chi connectivity index (χ3n) is 3.22. The Hall–Kier alpha value is -2.09. The zero-order chi connectivity index (χ0) is 18.3. The number of hydrogen-bond donors (Lipinski definition) is 2. The first kappa shape index (κ1) is 19.2. The molecule has 2 aromatic carbocycles. The van der Waals surface area contributed by atoms with Gasteiger partial charge < -0.3 is 10.1 Å². The number of halogens is 1. The van der Waals surface area contributed by atoms with Crippen molar-refractivity contribution >= 4 is 33.2 Å². The first-order chi connectivity index (χ1) is 11.9. The summed E-state index contributed by atoms with van der Waals surface area (Å²) in [6.07, 6.45) is 0.0139. The van der Waals surface area contributed by atoms with Crippen LogP contribution in [0.2, 0.25) is 5.02 Å². The molecule has 0 bridgehead atoms. The predicted octanol–water partition coefficient (Wildman–Crippen LogP) is 3.05. The number of anilines is 1. The van der Waals surface area contributed by atoms with Crippen LogP contribution in [0.3, 0.4) is 0 Å². The van der Waals surface area contributed by atoms with Gasteiger partial charge in [-0.1, -0.05) is 11.6 Å². The fourth-order valence-electron chi connectivity index (χ4n) is 2.02. The van der Waals surface area contributed by atoms with Crippen LogP contribution in [-0.2, 0) is 14.8 Å². The molecule has 6 nitrogen and oxygen atoms in total. The molecule has 0 saturated heterocycles. The minimum absolute atomic E-state index is 0.00613. The van der Waals surface area contributed by atoms with E-state index in [2.05, 4.69) is 10.0 Å². The summed E-state index contributed by atoms with van der Waals surface area (Å²) in [6, 6.07) is 12.8. The van der Waals surface area contributed by atoms with Crippen LogP contribution >= 0.6 is 11.6 Å². The molecule has 134 valence electrons. The van der Waals surface area contributed by atoms with E-state index in [-0.39, 0.29) is 23.8 Å². The van der Waals surface area contributed by atoms with Gasteiger partial charge in [0.05, 0.1) is 11.5 Å². The van der Waals surface area contributed by atoms with Crippen molar-refractivity contribution in [2.24, 2.45) is 0 Å². The lowest BCUT2D eigenvalue weighted by molar-refractivity contribution is -0.116. The fraction of sp³-hybridized carbons (Fsp3) is 0.235. The number of amides is 1. The van der Waals surface area contributed by atoms with Gasteiger partial charge in [-0.15, -0.1) is 0 Å². The third kappa shape index (κ3) is 6.04. The molecule has 0 aliphatic carbocycles. The molecule has 0 aliphatic rings. The Morgan fingerprint density at radius 3 is 2.32 bits per heavy atom. The molecular weight excluding hydrogens is 364 g/mol. The van der Waals surface area contributed by atoms with Gasteiger partial charge in [-0.3, -0.25) is 4.79 Å². The molecule has 0 unspecified atom stereocenters. The molecule has 0 aromatic heterocycles. The van der Waals surface area contributed by atoms with Gasteiger partial charge in [-0.25, -0.2) is 13.1 Å². The van der Waals surface area contributed by atoms with Crippen LogP contribution in [0.4, 0.5) is 5.69 Å². The van der Waals surface area contributed by atoms with E-state index in [1.54, 1.807) is 24.3 Å². The monoisotopic (exact) mass is 382 g/mol. The van der Waals surface area contributed by atoms with Gasteiger partial charge in [-0.2, -0.15) is 0 Å². The average Bonchev–Trinajstić information content (AvgIpc) is 2.57. The summed E-state index contributed by atoms with van der Waals surface area (Å²) >= 11 is 5.74. The Bertz CT molecular complexity index is 806. The minimum atomic E-state index is -3.66. The molecular formula is C17H19ClN2O4S. The Labute approximate surface area is 152 Å². The van der Waals surface area contributed by atoms with Gasteiger partial charge in [0.25, 0.3) is 0 Å². The molecule has 0 radical (unpaired) electrons. The lowest BCUT2D eigenvalue weighted by Gasteiger charge is -2.08. The van der Waals surface area contributed by atoms with Crippen LogP contribution in [0, 0.1) is 0 Å². The molecule has 0 atom stereocenters. The van der Waals surface area contributed by atoms with Crippen LogP contribution in [0.25, 0.3) is 0 Å². The molecule has 25 heavy (non-hydrogen) atoms. The highest BCUT2D eigenvalue weighted by Crippen LogP contribution is 2.16. The molecule has 0 saturated carbocycles. The summed E-state index contributed by atoms with van der Waals surface area (Å²) in [5.41, 5.74) is 0.619. The normalized spacial score (nSPS) is 11.1. The van der Waals surface area contributed by atoms with Crippen molar-refractivity contribution in [1.82, 2.24) is 4.72 Å². The average molecular weight is 383 g/mol. The van der Waals surface area contributed by atoms with E-state index in [9.17, 15) is 13.2 Å². The van der Waals surface area contributed by atoms with E-state index in [1.165, 1.54) is 24.3 Å². The number of rotatable bonds is 8. The van der Waals surface area contributed by atoms with E-state index in [0.717, 1.165) is 5.75 Å². The number of ether oxygens (including phenoxy) is 1. The summed E-state index contributed by atoms with van der Waals surface area (Å²) in [7, 11) is -3.66. The van der Waals surface area contributed by atoms with Crippen molar-refractivity contribution in [3.63, 3.8) is 0 Å². The molecule has 0 heterocycles. The maximum atomic E-state index is 12.1. The predicted molar refractivity (Wildman–Crippen MR) is 97.5 cm³/mol. The molecule has 2 N–H and O–H groups in total. The van der Waals surface area contributed by atoms with Crippen molar-refractivity contribution in [3.8, 4) is 5.75 Å². The Morgan fingerprint density at radius 2 is 1.72 bits per heavy atom. The van der Waals surface area contributed by atoms with Crippen molar-refractivity contribution in [1.29, 1.82) is 0 Å².